The Bertz CT molecular complexity index is 200. The molecule has 4 nitrogen and oxygen atoms in total. The average Bonchev–Trinajstić information content (AvgIpc) is 2.25. The van der Waals surface area contributed by atoms with E-state index in [9.17, 15) is 4.79 Å². The first-order valence-corrected chi connectivity index (χ1v) is 6.55. The summed E-state index contributed by atoms with van der Waals surface area (Å²) in [5, 5.41) is 6.23. The van der Waals surface area contributed by atoms with Crippen molar-refractivity contribution in [3.63, 3.8) is 0 Å². The second kappa shape index (κ2) is 9.42. The van der Waals surface area contributed by atoms with Crippen LogP contribution < -0.4 is 10.6 Å². The van der Waals surface area contributed by atoms with Crippen LogP contribution in [0.4, 0.5) is 0 Å². The first kappa shape index (κ1) is 16.4. The topological polar surface area (TPSA) is 50.4 Å². The van der Waals surface area contributed by atoms with Crippen LogP contribution in [0.15, 0.2) is 0 Å². The van der Waals surface area contributed by atoms with Gasteiger partial charge in [-0.1, -0.05) is 6.92 Å². The molecule has 0 heterocycles. The van der Waals surface area contributed by atoms with Gasteiger partial charge in [-0.3, -0.25) is 4.79 Å². The van der Waals surface area contributed by atoms with Crippen molar-refractivity contribution in [2.75, 3.05) is 26.3 Å². The number of ether oxygens (including phenoxy) is 1. The number of amides is 1. The van der Waals surface area contributed by atoms with E-state index >= 15 is 0 Å². The van der Waals surface area contributed by atoms with Gasteiger partial charge < -0.3 is 15.4 Å². The molecule has 0 rings (SSSR count). The third-order valence-corrected chi connectivity index (χ3v) is 2.23. The van der Waals surface area contributed by atoms with Gasteiger partial charge in [-0.2, -0.15) is 0 Å². The van der Waals surface area contributed by atoms with Gasteiger partial charge in [0, 0.05) is 31.7 Å². The average molecular weight is 244 g/mol. The predicted molar refractivity (Wildman–Crippen MR) is 71.1 cm³/mol. The smallest absolute Gasteiger partial charge is 0.219 e. The largest absolute Gasteiger partial charge is 0.381 e. The Labute approximate surface area is 105 Å². The highest BCUT2D eigenvalue weighted by Gasteiger charge is 2.06. The molecule has 0 aromatic heterocycles. The standard InChI is InChI=1S/C13H28N2O2/c1-5-12(16)14-8-6-10-17-11-7-9-15-13(2,3)4/h15H,5-11H2,1-4H3,(H,14,16). The van der Waals surface area contributed by atoms with Gasteiger partial charge in [-0.15, -0.1) is 0 Å². The van der Waals surface area contributed by atoms with E-state index in [2.05, 4.69) is 31.4 Å². The summed E-state index contributed by atoms with van der Waals surface area (Å²) in [6.07, 6.45) is 2.47. The Morgan fingerprint density at radius 3 is 2.24 bits per heavy atom. The van der Waals surface area contributed by atoms with Gasteiger partial charge >= 0.3 is 0 Å². The molecular weight excluding hydrogens is 216 g/mol. The zero-order valence-corrected chi connectivity index (χ0v) is 11.8. The lowest BCUT2D eigenvalue weighted by atomic mass is 10.1. The van der Waals surface area contributed by atoms with Gasteiger partial charge in [0.1, 0.15) is 0 Å². The minimum atomic E-state index is 0.111. The molecule has 0 aliphatic rings. The van der Waals surface area contributed by atoms with E-state index in [1.165, 1.54) is 0 Å². The molecular formula is C13H28N2O2. The lowest BCUT2D eigenvalue weighted by molar-refractivity contribution is -0.120. The number of nitrogens with one attached hydrogen (secondary N) is 2. The SMILES string of the molecule is CCC(=O)NCCCOCCCNC(C)(C)C. The minimum absolute atomic E-state index is 0.111. The van der Waals surface area contributed by atoms with Gasteiger partial charge in [0.05, 0.1) is 0 Å². The fourth-order valence-electron chi connectivity index (χ4n) is 1.27. The normalized spacial score (nSPS) is 11.5. The molecule has 17 heavy (non-hydrogen) atoms. The minimum Gasteiger partial charge on any atom is -0.381 e. The summed E-state index contributed by atoms with van der Waals surface area (Å²) in [5.41, 5.74) is 0.185. The number of hydrogen-bond donors (Lipinski definition) is 2. The molecule has 0 saturated heterocycles. The predicted octanol–water partition coefficient (Wildman–Crippen LogP) is 1.70. The molecule has 0 atom stereocenters. The molecule has 2 N–H and O–H groups in total. The van der Waals surface area contributed by atoms with Crippen LogP contribution in [-0.2, 0) is 9.53 Å². The number of hydrogen-bond acceptors (Lipinski definition) is 3. The third-order valence-electron chi connectivity index (χ3n) is 2.23. The van der Waals surface area contributed by atoms with Gasteiger partial charge in [-0.05, 0) is 40.2 Å². The summed E-state index contributed by atoms with van der Waals surface area (Å²) in [4.78, 5) is 10.9. The summed E-state index contributed by atoms with van der Waals surface area (Å²) in [6, 6.07) is 0. The maximum absolute atomic E-state index is 10.9. The lowest BCUT2D eigenvalue weighted by Gasteiger charge is -2.20. The second-order valence-corrected chi connectivity index (χ2v) is 5.20. The van der Waals surface area contributed by atoms with Crippen molar-refractivity contribution >= 4 is 5.91 Å². The molecule has 0 saturated carbocycles. The quantitative estimate of drug-likeness (QED) is 0.607. The van der Waals surface area contributed by atoms with Crippen molar-refractivity contribution in [1.29, 1.82) is 0 Å². The Hall–Kier alpha value is -0.610. The Kier molecular flexibility index (Phi) is 9.09. The Morgan fingerprint density at radius 1 is 1.12 bits per heavy atom. The monoisotopic (exact) mass is 244 g/mol. The fraction of sp³-hybridized carbons (Fsp3) is 0.923. The molecule has 0 unspecified atom stereocenters. The van der Waals surface area contributed by atoms with Crippen molar-refractivity contribution in [2.45, 2.75) is 52.5 Å². The van der Waals surface area contributed by atoms with Crippen LogP contribution in [0.1, 0.15) is 47.0 Å². The van der Waals surface area contributed by atoms with Gasteiger partial charge in [-0.25, -0.2) is 0 Å². The van der Waals surface area contributed by atoms with Crippen LogP contribution in [0.3, 0.4) is 0 Å². The van der Waals surface area contributed by atoms with E-state index in [1.807, 2.05) is 6.92 Å². The van der Waals surface area contributed by atoms with Gasteiger partial charge in [0.25, 0.3) is 0 Å². The first-order chi connectivity index (χ1) is 7.95. The molecule has 0 aromatic rings. The van der Waals surface area contributed by atoms with E-state index in [4.69, 9.17) is 4.74 Å². The van der Waals surface area contributed by atoms with Crippen molar-refractivity contribution in [2.24, 2.45) is 0 Å². The van der Waals surface area contributed by atoms with Crippen molar-refractivity contribution in [1.82, 2.24) is 10.6 Å². The van der Waals surface area contributed by atoms with Crippen LogP contribution in [0.25, 0.3) is 0 Å². The van der Waals surface area contributed by atoms with Crippen LogP contribution >= 0.6 is 0 Å². The first-order valence-electron chi connectivity index (χ1n) is 6.55. The zero-order chi connectivity index (χ0) is 13.1. The second-order valence-electron chi connectivity index (χ2n) is 5.20. The van der Waals surface area contributed by atoms with Crippen molar-refractivity contribution < 1.29 is 9.53 Å². The van der Waals surface area contributed by atoms with E-state index in [0.717, 1.165) is 32.6 Å². The van der Waals surface area contributed by atoms with Crippen LogP contribution in [0, 0.1) is 0 Å². The molecule has 4 heteroatoms. The third kappa shape index (κ3) is 13.3. The fourth-order valence-corrected chi connectivity index (χ4v) is 1.27. The molecule has 1 amide bonds. The lowest BCUT2D eigenvalue weighted by Crippen LogP contribution is -2.36. The number of rotatable bonds is 9. The maximum atomic E-state index is 10.9. The van der Waals surface area contributed by atoms with E-state index in [1.54, 1.807) is 0 Å². The van der Waals surface area contributed by atoms with Gasteiger partial charge in [0.2, 0.25) is 5.91 Å². The summed E-state index contributed by atoms with van der Waals surface area (Å²) < 4.78 is 5.47. The number of carbonyl (C=O) groups is 1. The zero-order valence-electron chi connectivity index (χ0n) is 11.8. The van der Waals surface area contributed by atoms with Crippen molar-refractivity contribution in [3.8, 4) is 0 Å². The summed E-state index contributed by atoms with van der Waals surface area (Å²) >= 11 is 0. The Balaban J connectivity index is 3.12. The van der Waals surface area contributed by atoms with Gasteiger partial charge in [0.15, 0.2) is 0 Å². The molecule has 0 fully saturated rings. The van der Waals surface area contributed by atoms with Crippen molar-refractivity contribution in [3.05, 3.63) is 0 Å². The van der Waals surface area contributed by atoms with E-state index in [0.29, 0.717) is 13.0 Å². The Morgan fingerprint density at radius 2 is 1.71 bits per heavy atom. The highest BCUT2D eigenvalue weighted by Crippen LogP contribution is 1.97. The van der Waals surface area contributed by atoms with E-state index < -0.39 is 0 Å². The molecule has 0 aromatic carbocycles. The summed E-state index contributed by atoms with van der Waals surface area (Å²) in [7, 11) is 0. The van der Waals surface area contributed by atoms with E-state index in [-0.39, 0.29) is 11.4 Å². The molecule has 0 aliphatic carbocycles. The molecule has 0 aliphatic heterocycles. The number of carbonyl (C=O) groups excluding carboxylic acids is 1. The molecule has 0 spiro atoms. The maximum Gasteiger partial charge on any atom is 0.219 e. The van der Waals surface area contributed by atoms with Crippen LogP contribution in [0.2, 0.25) is 0 Å². The molecule has 102 valence electrons. The summed E-state index contributed by atoms with van der Waals surface area (Å²) in [5.74, 6) is 0.111. The van der Waals surface area contributed by atoms with Crippen LogP contribution in [0.5, 0.6) is 0 Å². The molecule has 0 bridgehead atoms. The van der Waals surface area contributed by atoms with Crippen LogP contribution in [-0.4, -0.2) is 37.7 Å². The highest BCUT2D eigenvalue weighted by molar-refractivity contribution is 5.75. The summed E-state index contributed by atoms with van der Waals surface area (Å²) in [6.45, 7) is 11.5. The molecule has 0 radical (unpaired) electrons. The highest BCUT2D eigenvalue weighted by atomic mass is 16.5.